The molecule has 24 heavy (non-hydrogen) atoms. The third-order valence-electron chi connectivity index (χ3n) is 4.07. The third kappa shape index (κ3) is 2.35. The van der Waals surface area contributed by atoms with Crippen LogP contribution in [0.2, 0.25) is 5.15 Å². The Morgan fingerprint density at radius 2 is 2.08 bits per heavy atom. The smallest absolute Gasteiger partial charge is 0.187 e. The molecule has 0 unspecified atom stereocenters. The molecule has 0 amide bonds. The zero-order valence-electron chi connectivity index (χ0n) is 12.7. The van der Waals surface area contributed by atoms with Crippen LogP contribution in [0, 0.1) is 11.3 Å². The number of fused-ring (bicyclic) bond motifs is 2. The summed E-state index contributed by atoms with van der Waals surface area (Å²) in [5, 5.41) is 10.9. The van der Waals surface area contributed by atoms with E-state index < -0.39 is 0 Å². The fourth-order valence-electron chi connectivity index (χ4n) is 2.94. The van der Waals surface area contributed by atoms with Crippen LogP contribution in [-0.4, -0.2) is 21.2 Å². The van der Waals surface area contributed by atoms with Gasteiger partial charge >= 0.3 is 0 Å². The van der Waals surface area contributed by atoms with Crippen molar-refractivity contribution in [3.63, 3.8) is 0 Å². The Bertz CT molecular complexity index is 1050. The number of pyridine rings is 1. The van der Waals surface area contributed by atoms with Gasteiger partial charge in [-0.1, -0.05) is 35.5 Å². The van der Waals surface area contributed by atoms with Crippen molar-refractivity contribution in [1.29, 1.82) is 5.26 Å². The van der Waals surface area contributed by atoms with Gasteiger partial charge < -0.3 is 0 Å². The molecule has 0 saturated heterocycles. The van der Waals surface area contributed by atoms with E-state index in [1.54, 1.807) is 12.4 Å². The number of rotatable bonds is 2. The van der Waals surface area contributed by atoms with Gasteiger partial charge in [-0.05, 0) is 41.5 Å². The summed E-state index contributed by atoms with van der Waals surface area (Å²) < 4.78 is 0. The van der Waals surface area contributed by atoms with Crippen LogP contribution in [0.4, 0.5) is 0 Å². The standard InChI is InChI=1S/C18H11ClN4S/c1-24-18-22-9-15-16(23-18)14(8-21-17(15)19)13-5-3-11-6-10(7-20)2-4-12(11)13/h2,4-6,8-9H,3H2,1H3. The minimum Gasteiger partial charge on any atom is -0.243 e. The molecule has 0 N–H and O–H groups in total. The van der Waals surface area contributed by atoms with Crippen LogP contribution in [0.25, 0.3) is 16.5 Å². The average molecular weight is 351 g/mol. The van der Waals surface area contributed by atoms with E-state index >= 15 is 0 Å². The number of hydrogen-bond acceptors (Lipinski definition) is 5. The van der Waals surface area contributed by atoms with E-state index in [1.807, 2.05) is 24.5 Å². The van der Waals surface area contributed by atoms with Gasteiger partial charge in [-0.15, -0.1) is 0 Å². The van der Waals surface area contributed by atoms with Gasteiger partial charge in [0.2, 0.25) is 0 Å². The Kier molecular flexibility index (Phi) is 3.72. The van der Waals surface area contributed by atoms with E-state index in [0.717, 1.165) is 39.6 Å². The SMILES string of the molecule is CSc1ncc2c(Cl)ncc(C3=CCc4cc(C#N)ccc43)c2n1. The molecule has 4 nitrogen and oxygen atoms in total. The van der Waals surface area contributed by atoms with Crippen molar-refractivity contribution >= 4 is 39.8 Å². The Hall–Kier alpha value is -2.42. The Labute approximate surface area is 148 Å². The molecule has 0 atom stereocenters. The zero-order valence-corrected chi connectivity index (χ0v) is 14.3. The fourth-order valence-corrected chi connectivity index (χ4v) is 3.47. The molecule has 0 spiro atoms. The molecule has 2 heterocycles. The number of benzene rings is 1. The third-order valence-corrected chi connectivity index (χ3v) is 4.94. The molecular formula is C18H11ClN4S. The van der Waals surface area contributed by atoms with Crippen LogP contribution >= 0.6 is 23.4 Å². The maximum atomic E-state index is 9.07. The summed E-state index contributed by atoms with van der Waals surface area (Å²) in [6.07, 6.45) is 8.38. The Morgan fingerprint density at radius 3 is 2.88 bits per heavy atom. The second-order valence-electron chi connectivity index (χ2n) is 5.39. The second kappa shape index (κ2) is 5.90. The van der Waals surface area contributed by atoms with Crippen molar-refractivity contribution in [3.8, 4) is 6.07 Å². The highest BCUT2D eigenvalue weighted by Crippen LogP contribution is 2.37. The molecule has 0 aliphatic heterocycles. The van der Waals surface area contributed by atoms with Crippen LogP contribution < -0.4 is 0 Å². The molecule has 1 aliphatic carbocycles. The molecule has 2 aromatic heterocycles. The lowest BCUT2D eigenvalue weighted by Crippen LogP contribution is -1.96. The van der Waals surface area contributed by atoms with Crippen molar-refractivity contribution in [3.05, 3.63) is 64.1 Å². The lowest BCUT2D eigenvalue weighted by atomic mass is 9.98. The van der Waals surface area contributed by atoms with E-state index in [0.29, 0.717) is 15.9 Å². The number of thioether (sulfide) groups is 1. The monoisotopic (exact) mass is 350 g/mol. The number of nitrogens with zero attached hydrogens (tertiary/aromatic N) is 4. The quantitative estimate of drug-likeness (QED) is 0.392. The summed E-state index contributed by atoms with van der Waals surface area (Å²) in [4.78, 5) is 13.2. The molecule has 6 heteroatoms. The molecule has 1 aliphatic rings. The van der Waals surface area contributed by atoms with E-state index in [2.05, 4.69) is 27.1 Å². The van der Waals surface area contributed by atoms with E-state index in [4.69, 9.17) is 16.9 Å². The van der Waals surface area contributed by atoms with Crippen molar-refractivity contribution in [2.45, 2.75) is 11.6 Å². The average Bonchev–Trinajstić information content (AvgIpc) is 3.04. The molecular weight excluding hydrogens is 340 g/mol. The summed E-state index contributed by atoms with van der Waals surface area (Å²) in [6.45, 7) is 0. The van der Waals surface area contributed by atoms with Gasteiger partial charge in [0.15, 0.2) is 5.16 Å². The number of halogens is 1. The lowest BCUT2D eigenvalue weighted by Gasteiger charge is -2.10. The predicted molar refractivity (Wildman–Crippen MR) is 96.1 cm³/mol. The highest BCUT2D eigenvalue weighted by molar-refractivity contribution is 7.98. The summed E-state index contributed by atoms with van der Waals surface area (Å²) in [5.41, 5.74) is 5.76. The van der Waals surface area contributed by atoms with Gasteiger partial charge in [0, 0.05) is 18.0 Å². The van der Waals surface area contributed by atoms with Crippen molar-refractivity contribution in [2.75, 3.05) is 6.26 Å². The maximum Gasteiger partial charge on any atom is 0.187 e. The van der Waals surface area contributed by atoms with Crippen LogP contribution in [0.15, 0.2) is 41.8 Å². The van der Waals surface area contributed by atoms with E-state index in [-0.39, 0.29) is 0 Å². The second-order valence-corrected chi connectivity index (χ2v) is 6.52. The fraction of sp³-hybridized carbons (Fsp3) is 0.111. The van der Waals surface area contributed by atoms with Gasteiger partial charge in [0.05, 0.1) is 22.5 Å². The number of nitriles is 1. The first-order chi connectivity index (χ1) is 11.7. The summed E-state index contributed by atoms with van der Waals surface area (Å²) >= 11 is 7.71. The number of hydrogen-bond donors (Lipinski definition) is 0. The molecule has 0 saturated carbocycles. The van der Waals surface area contributed by atoms with Crippen LogP contribution in [0.5, 0.6) is 0 Å². The summed E-state index contributed by atoms with van der Waals surface area (Å²) in [5.74, 6) is 0. The van der Waals surface area contributed by atoms with Gasteiger partial charge in [-0.25, -0.2) is 15.0 Å². The predicted octanol–water partition coefficient (Wildman–Crippen LogP) is 4.26. The summed E-state index contributed by atoms with van der Waals surface area (Å²) in [7, 11) is 0. The van der Waals surface area contributed by atoms with E-state index in [9.17, 15) is 0 Å². The van der Waals surface area contributed by atoms with Gasteiger partial charge in [-0.2, -0.15) is 5.26 Å². The maximum absolute atomic E-state index is 9.07. The van der Waals surface area contributed by atoms with Crippen LogP contribution in [-0.2, 0) is 6.42 Å². The number of allylic oxidation sites excluding steroid dienone is 1. The Balaban J connectivity index is 1.93. The van der Waals surface area contributed by atoms with Crippen LogP contribution in [0.3, 0.4) is 0 Å². The van der Waals surface area contributed by atoms with Gasteiger partial charge in [0.25, 0.3) is 0 Å². The first kappa shape index (κ1) is 15.1. The van der Waals surface area contributed by atoms with Gasteiger partial charge in [-0.3, -0.25) is 0 Å². The molecule has 1 aromatic carbocycles. The van der Waals surface area contributed by atoms with Gasteiger partial charge in [0.1, 0.15) is 5.15 Å². The normalized spacial score (nSPS) is 12.8. The topological polar surface area (TPSA) is 62.5 Å². The first-order valence-electron chi connectivity index (χ1n) is 7.30. The molecule has 116 valence electrons. The molecule has 3 aromatic rings. The van der Waals surface area contributed by atoms with Crippen molar-refractivity contribution in [2.24, 2.45) is 0 Å². The number of aromatic nitrogens is 3. The zero-order chi connectivity index (χ0) is 16.7. The highest BCUT2D eigenvalue weighted by atomic mass is 35.5. The lowest BCUT2D eigenvalue weighted by molar-refractivity contribution is 1.00. The molecule has 0 bridgehead atoms. The Morgan fingerprint density at radius 1 is 1.21 bits per heavy atom. The van der Waals surface area contributed by atoms with Crippen LogP contribution in [0.1, 0.15) is 22.3 Å². The first-order valence-corrected chi connectivity index (χ1v) is 8.90. The minimum absolute atomic E-state index is 0.403. The highest BCUT2D eigenvalue weighted by Gasteiger charge is 2.20. The minimum atomic E-state index is 0.403. The summed E-state index contributed by atoms with van der Waals surface area (Å²) in [6, 6.07) is 7.95. The van der Waals surface area contributed by atoms with Crippen molar-refractivity contribution < 1.29 is 0 Å². The molecule has 0 fully saturated rings. The largest absolute Gasteiger partial charge is 0.243 e. The van der Waals surface area contributed by atoms with Crippen molar-refractivity contribution in [1.82, 2.24) is 15.0 Å². The van der Waals surface area contributed by atoms with E-state index in [1.165, 1.54) is 11.8 Å². The molecule has 0 radical (unpaired) electrons. The molecule has 4 rings (SSSR count).